The molecule has 8 nitrogen and oxygen atoms in total. The van der Waals surface area contributed by atoms with Gasteiger partial charge in [0.05, 0.1) is 16.9 Å². The maximum Gasteiger partial charge on any atom is 0.340 e. The molecule has 0 saturated heterocycles. The highest BCUT2D eigenvalue weighted by atomic mass is 32.1. The van der Waals surface area contributed by atoms with E-state index < -0.39 is 5.97 Å². The monoisotopic (exact) mass is 414 g/mol. The summed E-state index contributed by atoms with van der Waals surface area (Å²) in [4.78, 5) is 41.6. The number of nitrogens with one attached hydrogen (secondary N) is 1. The molecule has 3 rings (SSSR count). The Kier molecular flexibility index (Phi) is 6.07. The highest BCUT2D eigenvalue weighted by molar-refractivity contribution is 7.16. The number of rotatable bonds is 6. The average Bonchev–Trinajstić information content (AvgIpc) is 3.11. The van der Waals surface area contributed by atoms with Gasteiger partial charge >= 0.3 is 5.97 Å². The van der Waals surface area contributed by atoms with Crippen molar-refractivity contribution in [2.75, 3.05) is 5.32 Å². The minimum Gasteiger partial charge on any atom is -0.456 e. The molecule has 0 aliphatic heterocycles. The van der Waals surface area contributed by atoms with Crippen LogP contribution in [0.2, 0.25) is 0 Å². The molecule has 0 radical (unpaired) electrons. The van der Waals surface area contributed by atoms with E-state index in [1.807, 2.05) is 13.8 Å². The first kappa shape index (κ1) is 20.7. The number of amides is 1. The molecule has 9 heteroatoms. The van der Waals surface area contributed by atoms with Crippen LogP contribution in [-0.4, -0.2) is 26.5 Å². The first-order valence-electron chi connectivity index (χ1n) is 9.23. The molecule has 2 aromatic heterocycles. The van der Waals surface area contributed by atoms with Crippen molar-refractivity contribution < 1.29 is 14.3 Å². The van der Waals surface area contributed by atoms with Gasteiger partial charge in [0.1, 0.15) is 11.6 Å². The standard InChI is InChI=1S/C20H22N4O4S/c1-11(2)17(26)22-15-8-6-5-7-14(15)19(27)28-10-13-9-16(25)24-20(21-13)29-18(23-24)12(3)4/h5-9,11-12H,10H2,1-4H3,(H,22,26). The molecule has 0 fully saturated rings. The van der Waals surface area contributed by atoms with Crippen LogP contribution in [0.4, 0.5) is 5.69 Å². The van der Waals surface area contributed by atoms with Crippen LogP contribution in [-0.2, 0) is 16.1 Å². The number of nitrogens with zero attached hydrogens (tertiary/aromatic N) is 3. The summed E-state index contributed by atoms with van der Waals surface area (Å²) in [6, 6.07) is 7.92. The Labute approximate surface area is 171 Å². The van der Waals surface area contributed by atoms with Crippen molar-refractivity contribution in [1.29, 1.82) is 0 Å². The minimum atomic E-state index is -0.612. The third-order valence-electron chi connectivity index (χ3n) is 4.09. The van der Waals surface area contributed by atoms with Gasteiger partial charge in [-0.25, -0.2) is 9.78 Å². The van der Waals surface area contributed by atoms with Crippen molar-refractivity contribution in [3.05, 3.63) is 57.0 Å². The zero-order valence-electron chi connectivity index (χ0n) is 16.6. The predicted molar refractivity (Wildman–Crippen MR) is 110 cm³/mol. The molecular formula is C20H22N4O4S. The van der Waals surface area contributed by atoms with Gasteiger partial charge in [-0.05, 0) is 12.1 Å². The number of anilines is 1. The van der Waals surface area contributed by atoms with Crippen LogP contribution in [0.3, 0.4) is 0 Å². The van der Waals surface area contributed by atoms with Crippen LogP contribution in [0.5, 0.6) is 0 Å². The summed E-state index contributed by atoms with van der Waals surface area (Å²) in [5, 5.41) is 7.79. The van der Waals surface area contributed by atoms with Crippen molar-refractivity contribution in [3.8, 4) is 0 Å². The Hall–Kier alpha value is -3.07. The number of carbonyl (C=O) groups is 2. The highest BCUT2D eigenvalue weighted by Crippen LogP contribution is 2.21. The van der Waals surface area contributed by atoms with Gasteiger partial charge in [0.25, 0.3) is 5.56 Å². The normalized spacial score (nSPS) is 11.2. The van der Waals surface area contributed by atoms with E-state index in [-0.39, 0.29) is 35.5 Å². The molecule has 3 aromatic rings. The van der Waals surface area contributed by atoms with Gasteiger partial charge in [-0.15, -0.1) is 0 Å². The number of para-hydroxylation sites is 1. The van der Waals surface area contributed by atoms with Gasteiger partial charge in [0, 0.05) is 17.9 Å². The van der Waals surface area contributed by atoms with E-state index in [1.165, 1.54) is 21.9 Å². The van der Waals surface area contributed by atoms with Crippen LogP contribution in [0.15, 0.2) is 35.1 Å². The number of ether oxygens (including phenoxy) is 1. The fourth-order valence-electron chi connectivity index (χ4n) is 2.44. The number of carbonyl (C=O) groups excluding carboxylic acids is 2. The van der Waals surface area contributed by atoms with Gasteiger partial charge in [-0.1, -0.05) is 51.2 Å². The van der Waals surface area contributed by atoms with Crippen LogP contribution in [0, 0.1) is 5.92 Å². The third-order valence-corrected chi connectivity index (χ3v) is 5.30. The van der Waals surface area contributed by atoms with Crippen molar-refractivity contribution in [2.24, 2.45) is 5.92 Å². The summed E-state index contributed by atoms with van der Waals surface area (Å²) in [7, 11) is 0. The fraction of sp³-hybridized carbons (Fsp3) is 0.350. The predicted octanol–water partition coefficient (Wildman–Crippen LogP) is 3.23. The van der Waals surface area contributed by atoms with Crippen LogP contribution in [0.25, 0.3) is 4.96 Å². The SMILES string of the molecule is CC(C)C(=O)Nc1ccccc1C(=O)OCc1cc(=O)n2nc(C(C)C)sc2n1. The number of fused-ring (bicyclic) bond motifs is 1. The summed E-state index contributed by atoms with van der Waals surface area (Å²) in [5.74, 6) is -0.853. The zero-order valence-corrected chi connectivity index (χ0v) is 17.4. The van der Waals surface area contributed by atoms with E-state index in [0.717, 1.165) is 5.01 Å². The lowest BCUT2D eigenvalue weighted by atomic mass is 10.1. The molecular weight excluding hydrogens is 392 g/mol. The zero-order chi connectivity index (χ0) is 21.1. The second-order valence-electron chi connectivity index (χ2n) is 7.14. The van der Waals surface area contributed by atoms with Crippen LogP contribution < -0.4 is 10.9 Å². The molecule has 0 aliphatic rings. The van der Waals surface area contributed by atoms with Gasteiger partial charge in [-0.2, -0.15) is 9.61 Å². The lowest BCUT2D eigenvalue weighted by Gasteiger charge is -2.12. The molecule has 0 aliphatic carbocycles. The van der Waals surface area contributed by atoms with Crippen molar-refractivity contribution in [2.45, 2.75) is 40.2 Å². The summed E-state index contributed by atoms with van der Waals surface area (Å²) < 4.78 is 6.59. The molecule has 1 amide bonds. The van der Waals surface area contributed by atoms with Crippen molar-refractivity contribution >= 4 is 33.9 Å². The van der Waals surface area contributed by atoms with E-state index in [0.29, 0.717) is 16.3 Å². The molecule has 0 saturated carbocycles. The maximum absolute atomic E-state index is 12.5. The lowest BCUT2D eigenvalue weighted by Crippen LogP contribution is -2.20. The van der Waals surface area contributed by atoms with Gasteiger partial charge < -0.3 is 10.1 Å². The maximum atomic E-state index is 12.5. The molecule has 152 valence electrons. The Balaban J connectivity index is 1.77. The number of benzene rings is 1. The van der Waals surface area contributed by atoms with Gasteiger partial charge in [0.15, 0.2) is 0 Å². The van der Waals surface area contributed by atoms with E-state index in [4.69, 9.17) is 4.74 Å². The third kappa shape index (κ3) is 4.68. The molecule has 1 aromatic carbocycles. The summed E-state index contributed by atoms with van der Waals surface area (Å²) >= 11 is 1.33. The molecule has 0 spiro atoms. The smallest absolute Gasteiger partial charge is 0.340 e. The summed E-state index contributed by atoms with van der Waals surface area (Å²) in [5.41, 5.74) is 0.627. The second kappa shape index (κ2) is 8.52. The van der Waals surface area contributed by atoms with Crippen molar-refractivity contribution in [1.82, 2.24) is 14.6 Å². The lowest BCUT2D eigenvalue weighted by molar-refractivity contribution is -0.118. The number of esters is 1. The number of hydrogen-bond donors (Lipinski definition) is 1. The topological polar surface area (TPSA) is 103 Å². The minimum absolute atomic E-state index is 0.161. The molecule has 0 atom stereocenters. The van der Waals surface area contributed by atoms with E-state index >= 15 is 0 Å². The quantitative estimate of drug-likeness (QED) is 0.621. The van der Waals surface area contributed by atoms with Crippen molar-refractivity contribution in [3.63, 3.8) is 0 Å². The Morgan fingerprint density at radius 2 is 1.93 bits per heavy atom. The highest BCUT2D eigenvalue weighted by Gasteiger charge is 2.17. The van der Waals surface area contributed by atoms with E-state index in [9.17, 15) is 14.4 Å². The molecule has 0 unspecified atom stereocenters. The second-order valence-corrected chi connectivity index (χ2v) is 8.13. The van der Waals surface area contributed by atoms with Crippen LogP contribution >= 0.6 is 11.3 Å². The average molecular weight is 414 g/mol. The largest absolute Gasteiger partial charge is 0.456 e. The first-order chi connectivity index (χ1) is 13.8. The van der Waals surface area contributed by atoms with Gasteiger partial charge in [-0.3, -0.25) is 9.59 Å². The van der Waals surface area contributed by atoms with E-state index in [1.54, 1.807) is 38.1 Å². The Bertz CT molecular complexity index is 1120. The number of aromatic nitrogens is 3. The first-order valence-corrected chi connectivity index (χ1v) is 10.0. The number of hydrogen-bond acceptors (Lipinski definition) is 7. The molecule has 1 N–H and O–H groups in total. The Morgan fingerprint density at radius 1 is 1.21 bits per heavy atom. The summed E-state index contributed by atoms with van der Waals surface area (Å²) in [6.45, 7) is 7.34. The molecule has 0 bridgehead atoms. The fourth-order valence-corrected chi connectivity index (χ4v) is 3.37. The Morgan fingerprint density at radius 3 is 2.62 bits per heavy atom. The summed E-state index contributed by atoms with van der Waals surface area (Å²) in [6.07, 6.45) is 0. The van der Waals surface area contributed by atoms with E-state index in [2.05, 4.69) is 15.4 Å². The molecule has 2 heterocycles. The van der Waals surface area contributed by atoms with Crippen LogP contribution in [0.1, 0.15) is 54.7 Å². The molecule has 29 heavy (non-hydrogen) atoms. The van der Waals surface area contributed by atoms with Gasteiger partial charge in [0.2, 0.25) is 10.9 Å².